The maximum atomic E-state index is 11.8. The van der Waals surface area contributed by atoms with Crippen LogP contribution in [0.3, 0.4) is 0 Å². The van der Waals surface area contributed by atoms with Crippen molar-refractivity contribution in [1.82, 2.24) is 0 Å². The molecule has 0 bridgehead atoms. The average molecular weight is 240 g/mol. The molecule has 0 spiro atoms. The van der Waals surface area contributed by atoms with Gasteiger partial charge in [-0.3, -0.25) is 9.59 Å². The maximum absolute atomic E-state index is 11.8. The number of carboxylic acid groups (broad SMARTS) is 1. The summed E-state index contributed by atoms with van der Waals surface area (Å²) in [5, 5.41) is 8.86. The standard InChI is InChI=1S/C9H11F3O4/c1-7(2)3-8(7,5(13)14)6(15)16-4-9(10,11)12/h3-4H2,1-2H3,(H,13,14). The maximum Gasteiger partial charge on any atom is 0.422 e. The molecule has 1 aliphatic rings. The van der Waals surface area contributed by atoms with E-state index in [2.05, 4.69) is 4.74 Å². The quantitative estimate of drug-likeness (QED) is 0.601. The minimum absolute atomic E-state index is 0.00791. The van der Waals surface area contributed by atoms with Gasteiger partial charge in [0.25, 0.3) is 0 Å². The third-order valence-electron chi connectivity index (χ3n) is 2.82. The molecule has 0 aromatic rings. The summed E-state index contributed by atoms with van der Waals surface area (Å²) >= 11 is 0. The normalized spacial score (nSPS) is 27.3. The van der Waals surface area contributed by atoms with Crippen LogP contribution < -0.4 is 0 Å². The number of hydrogen-bond donors (Lipinski definition) is 1. The number of esters is 1. The zero-order valence-corrected chi connectivity index (χ0v) is 8.72. The number of carboxylic acids is 1. The number of carbonyl (C=O) groups is 2. The molecular weight excluding hydrogens is 229 g/mol. The smallest absolute Gasteiger partial charge is 0.422 e. The molecule has 1 fully saturated rings. The van der Waals surface area contributed by atoms with E-state index >= 15 is 0 Å². The Bertz CT molecular complexity index is 334. The first kappa shape index (κ1) is 12.8. The Morgan fingerprint density at radius 1 is 1.38 bits per heavy atom. The minimum atomic E-state index is -4.64. The Kier molecular flexibility index (Phi) is 2.69. The molecule has 0 saturated heterocycles. The van der Waals surface area contributed by atoms with Crippen molar-refractivity contribution in [3.05, 3.63) is 0 Å². The fraction of sp³-hybridized carbons (Fsp3) is 0.778. The highest BCUT2D eigenvalue weighted by Crippen LogP contribution is 2.64. The molecular formula is C9H11F3O4. The first-order chi connectivity index (χ1) is 7.03. The summed E-state index contributed by atoms with van der Waals surface area (Å²) in [5.41, 5.74) is -2.68. The van der Waals surface area contributed by atoms with E-state index in [1.54, 1.807) is 0 Å². The second-order valence-electron chi connectivity index (χ2n) is 4.46. The van der Waals surface area contributed by atoms with Gasteiger partial charge in [-0.25, -0.2) is 0 Å². The van der Waals surface area contributed by atoms with Crippen molar-refractivity contribution in [2.45, 2.75) is 26.4 Å². The summed E-state index contributed by atoms with van der Waals surface area (Å²) in [4.78, 5) is 22.2. The lowest BCUT2D eigenvalue weighted by atomic mass is 9.96. The van der Waals surface area contributed by atoms with Crippen molar-refractivity contribution in [3.8, 4) is 0 Å². The highest BCUT2D eigenvalue weighted by Gasteiger charge is 2.73. The van der Waals surface area contributed by atoms with E-state index < -0.39 is 35.6 Å². The van der Waals surface area contributed by atoms with Crippen LogP contribution in [0, 0.1) is 10.8 Å². The topological polar surface area (TPSA) is 63.6 Å². The number of ether oxygens (including phenoxy) is 1. The monoisotopic (exact) mass is 240 g/mol. The molecule has 1 N–H and O–H groups in total. The highest BCUT2D eigenvalue weighted by atomic mass is 19.4. The van der Waals surface area contributed by atoms with Crippen LogP contribution in [0.25, 0.3) is 0 Å². The van der Waals surface area contributed by atoms with Crippen LogP contribution in [0.15, 0.2) is 0 Å². The first-order valence-corrected chi connectivity index (χ1v) is 4.50. The van der Waals surface area contributed by atoms with E-state index in [0.717, 1.165) is 0 Å². The fourth-order valence-electron chi connectivity index (χ4n) is 1.69. The van der Waals surface area contributed by atoms with Crippen molar-refractivity contribution in [2.75, 3.05) is 6.61 Å². The molecule has 0 amide bonds. The molecule has 1 unspecified atom stereocenters. The number of halogens is 3. The van der Waals surface area contributed by atoms with Gasteiger partial charge in [-0.05, 0) is 11.8 Å². The molecule has 0 aromatic carbocycles. The number of alkyl halides is 3. The fourth-order valence-corrected chi connectivity index (χ4v) is 1.69. The second-order valence-corrected chi connectivity index (χ2v) is 4.46. The molecule has 1 atom stereocenters. The van der Waals surface area contributed by atoms with E-state index in [4.69, 9.17) is 5.11 Å². The van der Waals surface area contributed by atoms with Crippen molar-refractivity contribution in [3.63, 3.8) is 0 Å². The van der Waals surface area contributed by atoms with Crippen molar-refractivity contribution in [2.24, 2.45) is 10.8 Å². The van der Waals surface area contributed by atoms with Crippen LogP contribution in [0.1, 0.15) is 20.3 Å². The largest absolute Gasteiger partial charge is 0.480 e. The lowest BCUT2D eigenvalue weighted by Gasteiger charge is -2.15. The SMILES string of the molecule is CC1(C)CC1(C(=O)O)C(=O)OCC(F)(F)F. The van der Waals surface area contributed by atoms with Crippen molar-refractivity contribution in [1.29, 1.82) is 0 Å². The van der Waals surface area contributed by atoms with Crippen LogP contribution in [0.5, 0.6) is 0 Å². The lowest BCUT2D eigenvalue weighted by molar-refractivity contribution is -0.193. The van der Waals surface area contributed by atoms with Gasteiger partial charge >= 0.3 is 18.1 Å². The van der Waals surface area contributed by atoms with Gasteiger partial charge in [-0.1, -0.05) is 13.8 Å². The summed E-state index contributed by atoms with van der Waals surface area (Å²) < 4.78 is 39.4. The van der Waals surface area contributed by atoms with E-state index in [0.29, 0.717) is 0 Å². The molecule has 0 aromatic heterocycles. The first-order valence-electron chi connectivity index (χ1n) is 4.50. The van der Waals surface area contributed by atoms with E-state index in [9.17, 15) is 22.8 Å². The lowest BCUT2D eigenvalue weighted by Crippen LogP contribution is -2.34. The van der Waals surface area contributed by atoms with Gasteiger partial charge in [-0.2, -0.15) is 13.2 Å². The van der Waals surface area contributed by atoms with E-state index in [1.807, 2.05) is 0 Å². The van der Waals surface area contributed by atoms with Gasteiger partial charge in [0.15, 0.2) is 12.0 Å². The van der Waals surface area contributed by atoms with E-state index in [-0.39, 0.29) is 6.42 Å². The van der Waals surface area contributed by atoms with Crippen LogP contribution in [0.4, 0.5) is 13.2 Å². The number of carbonyl (C=O) groups excluding carboxylic acids is 1. The molecule has 4 nitrogen and oxygen atoms in total. The molecule has 0 aliphatic heterocycles. The molecule has 7 heteroatoms. The predicted octanol–water partition coefficient (Wildman–Crippen LogP) is 1.59. The molecule has 1 rings (SSSR count). The molecule has 1 aliphatic carbocycles. The summed E-state index contributed by atoms with van der Waals surface area (Å²) in [6, 6.07) is 0. The Balaban J connectivity index is 2.71. The molecule has 16 heavy (non-hydrogen) atoms. The number of rotatable bonds is 3. The van der Waals surface area contributed by atoms with Crippen LogP contribution in [0.2, 0.25) is 0 Å². The van der Waals surface area contributed by atoms with Crippen molar-refractivity contribution < 1.29 is 32.6 Å². The Morgan fingerprint density at radius 3 is 2.06 bits per heavy atom. The summed E-state index contributed by atoms with van der Waals surface area (Å²) in [6.07, 6.45) is -4.65. The third-order valence-corrected chi connectivity index (χ3v) is 2.82. The minimum Gasteiger partial charge on any atom is -0.480 e. The predicted molar refractivity (Wildman–Crippen MR) is 45.5 cm³/mol. The van der Waals surface area contributed by atoms with Gasteiger partial charge in [0.05, 0.1) is 0 Å². The summed E-state index contributed by atoms with van der Waals surface area (Å²) in [7, 11) is 0. The summed E-state index contributed by atoms with van der Waals surface area (Å²) in [6.45, 7) is 1.24. The van der Waals surface area contributed by atoms with Gasteiger partial charge in [0.2, 0.25) is 0 Å². The summed E-state index contributed by atoms with van der Waals surface area (Å²) in [5.74, 6) is -2.76. The zero-order valence-electron chi connectivity index (χ0n) is 8.72. The molecule has 0 radical (unpaired) electrons. The second kappa shape index (κ2) is 3.36. The van der Waals surface area contributed by atoms with Gasteiger partial charge < -0.3 is 9.84 Å². The highest BCUT2D eigenvalue weighted by molar-refractivity contribution is 6.03. The molecule has 1 saturated carbocycles. The van der Waals surface area contributed by atoms with Gasteiger partial charge in [0.1, 0.15) is 0 Å². The zero-order chi connectivity index (χ0) is 12.8. The number of aliphatic carboxylic acids is 1. The van der Waals surface area contributed by atoms with Crippen molar-refractivity contribution >= 4 is 11.9 Å². The van der Waals surface area contributed by atoms with E-state index in [1.165, 1.54) is 13.8 Å². The Labute approximate surface area is 89.4 Å². The van der Waals surface area contributed by atoms with Crippen LogP contribution in [-0.4, -0.2) is 29.8 Å². The van der Waals surface area contributed by atoms with Gasteiger partial charge in [-0.15, -0.1) is 0 Å². The number of hydrogen-bond acceptors (Lipinski definition) is 3. The van der Waals surface area contributed by atoms with Crippen LogP contribution in [-0.2, 0) is 14.3 Å². The van der Waals surface area contributed by atoms with Gasteiger partial charge in [0, 0.05) is 0 Å². The molecule has 92 valence electrons. The average Bonchev–Trinajstić information content (AvgIpc) is 2.65. The Hall–Kier alpha value is -1.27. The molecule has 0 heterocycles. The Morgan fingerprint density at radius 2 is 1.81 bits per heavy atom. The third kappa shape index (κ3) is 1.98. The van der Waals surface area contributed by atoms with Crippen LogP contribution >= 0.6 is 0 Å².